The fourth-order valence-electron chi connectivity index (χ4n) is 2.77. The van der Waals surface area contributed by atoms with Crippen molar-refractivity contribution >= 4 is 5.82 Å². The van der Waals surface area contributed by atoms with E-state index in [1.54, 1.807) is 0 Å². The lowest BCUT2D eigenvalue weighted by atomic mass is 9.88. The van der Waals surface area contributed by atoms with Gasteiger partial charge < -0.3 is 5.32 Å². The predicted molar refractivity (Wildman–Crippen MR) is 99.0 cm³/mol. The average molecular weight is 320 g/mol. The summed E-state index contributed by atoms with van der Waals surface area (Å²) in [5.74, 6) is 0.872. The smallest absolute Gasteiger partial charge is 0.126 e. The highest BCUT2D eigenvalue weighted by Gasteiger charge is 2.21. The highest BCUT2D eigenvalue weighted by molar-refractivity contribution is 5.68. The summed E-state index contributed by atoms with van der Waals surface area (Å²) in [7, 11) is 0. The quantitative estimate of drug-likeness (QED) is 0.733. The van der Waals surface area contributed by atoms with Crippen LogP contribution in [0.3, 0.4) is 0 Å². The van der Waals surface area contributed by atoms with Gasteiger partial charge in [-0.2, -0.15) is 5.10 Å². The first kappa shape index (κ1) is 16.2. The van der Waals surface area contributed by atoms with Gasteiger partial charge in [0.2, 0.25) is 0 Å². The normalized spacial score (nSPS) is 11.5. The number of hydrogen-bond acceptors (Lipinski definition) is 3. The van der Waals surface area contributed by atoms with E-state index in [4.69, 9.17) is 0 Å². The zero-order valence-corrected chi connectivity index (χ0v) is 14.7. The number of aryl methyl sites for hydroxylation is 1. The maximum atomic E-state index is 4.44. The lowest BCUT2D eigenvalue weighted by Crippen LogP contribution is -2.13. The van der Waals surface area contributed by atoms with Gasteiger partial charge in [-0.25, -0.2) is 4.98 Å². The van der Waals surface area contributed by atoms with Gasteiger partial charge in [-0.15, -0.1) is 0 Å². The lowest BCUT2D eigenvalue weighted by Gasteiger charge is -2.18. The summed E-state index contributed by atoms with van der Waals surface area (Å²) < 4.78 is 0. The summed E-state index contributed by atoms with van der Waals surface area (Å²) in [4.78, 5) is 4.44. The minimum Gasteiger partial charge on any atom is -0.366 e. The van der Waals surface area contributed by atoms with E-state index in [0.717, 1.165) is 29.2 Å². The zero-order valence-electron chi connectivity index (χ0n) is 14.7. The summed E-state index contributed by atoms with van der Waals surface area (Å²) >= 11 is 0. The third kappa shape index (κ3) is 3.48. The summed E-state index contributed by atoms with van der Waals surface area (Å²) in [5.41, 5.74) is 5.97. The molecule has 4 heteroatoms. The Hall–Kier alpha value is -2.62. The predicted octanol–water partition coefficient (Wildman–Crippen LogP) is 4.69. The molecule has 0 amide bonds. The monoisotopic (exact) mass is 320 g/mol. The number of rotatable bonds is 4. The first-order valence-electron chi connectivity index (χ1n) is 8.24. The number of pyridine rings is 1. The molecular formula is C20H24N4. The van der Waals surface area contributed by atoms with Crippen LogP contribution >= 0.6 is 0 Å². The Balaban J connectivity index is 1.83. The van der Waals surface area contributed by atoms with Crippen LogP contribution in [0.25, 0.3) is 11.1 Å². The van der Waals surface area contributed by atoms with Gasteiger partial charge in [-0.1, -0.05) is 45.0 Å². The molecule has 2 heterocycles. The Morgan fingerprint density at radius 1 is 1.12 bits per heavy atom. The maximum absolute atomic E-state index is 4.44. The van der Waals surface area contributed by atoms with E-state index in [2.05, 4.69) is 78.5 Å². The Labute approximate surface area is 143 Å². The van der Waals surface area contributed by atoms with Crippen molar-refractivity contribution in [2.75, 3.05) is 5.32 Å². The summed E-state index contributed by atoms with van der Waals surface area (Å²) in [5, 5.41) is 10.8. The van der Waals surface area contributed by atoms with Crippen molar-refractivity contribution in [3.8, 4) is 11.1 Å². The van der Waals surface area contributed by atoms with Crippen molar-refractivity contribution in [2.45, 2.75) is 39.7 Å². The second-order valence-corrected chi connectivity index (χ2v) is 7.12. The van der Waals surface area contributed by atoms with Crippen LogP contribution in [0.4, 0.5) is 5.82 Å². The number of benzene rings is 1. The second-order valence-electron chi connectivity index (χ2n) is 7.12. The van der Waals surface area contributed by atoms with Gasteiger partial charge in [0, 0.05) is 29.4 Å². The van der Waals surface area contributed by atoms with E-state index in [0.29, 0.717) is 0 Å². The van der Waals surface area contributed by atoms with Crippen LogP contribution in [0, 0.1) is 6.92 Å². The number of nitrogens with one attached hydrogen (secondary N) is 2. The van der Waals surface area contributed by atoms with Gasteiger partial charge in [0.15, 0.2) is 0 Å². The van der Waals surface area contributed by atoms with E-state index < -0.39 is 0 Å². The highest BCUT2D eigenvalue weighted by atomic mass is 15.1. The largest absolute Gasteiger partial charge is 0.366 e. The molecule has 0 bridgehead atoms. The number of aromatic amines is 1. The summed E-state index contributed by atoms with van der Waals surface area (Å²) in [6, 6.07) is 12.5. The maximum Gasteiger partial charge on any atom is 0.126 e. The Morgan fingerprint density at radius 3 is 2.67 bits per heavy atom. The van der Waals surface area contributed by atoms with Gasteiger partial charge in [0.25, 0.3) is 0 Å². The topological polar surface area (TPSA) is 53.6 Å². The molecule has 0 fully saturated rings. The Kier molecular flexibility index (Phi) is 4.38. The molecule has 124 valence electrons. The van der Waals surface area contributed by atoms with Gasteiger partial charge in [0.1, 0.15) is 5.82 Å². The van der Waals surface area contributed by atoms with Gasteiger partial charge in [-0.05, 0) is 35.7 Å². The molecular weight excluding hydrogens is 296 g/mol. The summed E-state index contributed by atoms with van der Waals surface area (Å²) in [6.07, 6.45) is 3.73. The molecule has 3 rings (SSSR count). The van der Waals surface area contributed by atoms with Gasteiger partial charge in [0.05, 0.1) is 6.20 Å². The number of nitrogens with zero attached hydrogens (tertiary/aromatic N) is 2. The molecule has 0 aliphatic heterocycles. The van der Waals surface area contributed by atoms with Gasteiger partial charge >= 0.3 is 0 Å². The van der Waals surface area contributed by atoms with Crippen molar-refractivity contribution in [1.82, 2.24) is 15.2 Å². The molecule has 0 atom stereocenters. The molecule has 0 aliphatic carbocycles. The molecule has 0 unspecified atom stereocenters. The van der Waals surface area contributed by atoms with Crippen molar-refractivity contribution in [3.05, 3.63) is 65.6 Å². The molecule has 4 nitrogen and oxygen atoms in total. The minimum absolute atomic E-state index is 0.0177. The Bertz CT molecular complexity index is 827. The van der Waals surface area contributed by atoms with Crippen molar-refractivity contribution in [2.24, 2.45) is 0 Å². The SMILES string of the molecule is Cc1ccccc1CNc1cc(-c2cn[nH]c2C(C)(C)C)ccn1. The number of hydrogen-bond donors (Lipinski definition) is 2. The third-order valence-electron chi connectivity index (χ3n) is 4.18. The van der Waals surface area contributed by atoms with Gasteiger partial charge in [-0.3, -0.25) is 5.10 Å². The minimum atomic E-state index is 0.0177. The van der Waals surface area contributed by atoms with Crippen molar-refractivity contribution < 1.29 is 0 Å². The average Bonchev–Trinajstić information content (AvgIpc) is 3.04. The van der Waals surface area contributed by atoms with E-state index in [1.807, 2.05) is 18.5 Å². The third-order valence-corrected chi connectivity index (χ3v) is 4.18. The standard InChI is InChI=1S/C20H24N4/c1-14-7-5-6-8-16(14)12-22-18-11-15(9-10-21-18)17-13-23-24-19(17)20(2,3)4/h5-11,13H,12H2,1-4H3,(H,21,22)(H,23,24). The number of aromatic nitrogens is 3. The van der Waals surface area contributed by atoms with E-state index in [-0.39, 0.29) is 5.41 Å². The molecule has 2 aromatic heterocycles. The van der Waals surface area contributed by atoms with Crippen molar-refractivity contribution in [1.29, 1.82) is 0 Å². The molecule has 0 spiro atoms. The van der Waals surface area contributed by atoms with Crippen LogP contribution in [0.15, 0.2) is 48.8 Å². The zero-order chi connectivity index (χ0) is 17.2. The molecule has 0 aliphatic rings. The van der Waals surface area contributed by atoms with Crippen LogP contribution in [-0.2, 0) is 12.0 Å². The molecule has 1 aromatic carbocycles. The molecule has 0 saturated carbocycles. The molecule has 24 heavy (non-hydrogen) atoms. The van der Waals surface area contributed by atoms with Crippen LogP contribution in [0.2, 0.25) is 0 Å². The second kappa shape index (κ2) is 6.48. The highest BCUT2D eigenvalue weighted by Crippen LogP contribution is 2.31. The molecule has 0 radical (unpaired) electrons. The van der Waals surface area contributed by atoms with Crippen molar-refractivity contribution in [3.63, 3.8) is 0 Å². The lowest BCUT2D eigenvalue weighted by molar-refractivity contribution is 0.568. The fraction of sp³-hybridized carbons (Fsp3) is 0.300. The molecule has 3 aromatic rings. The van der Waals surface area contributed by atoms with Crippen LogP contribution in [-0.4, -0.2) is 15.2 Å². The van der Waals surface area contributed by atoms with E-state index in [9.17, 15) is 0 Å². The fourth-order valence-corrected chi connectivity index (χ4v) is 2.77. The molecule has 0 saturated heterocycles. The van der Waals surface area contributed by atoms with Crippen LogP contribution in [0.1, 0.15) is 37.6 Å². The van der Waals surface area contributed by atoms with E-state index >= 15 is 0 Å². The van der Waals surface area contributed by atoms with E-state index in [1.165, 1.54) is 11.1 Å². The first-order valence-corrected chi connectivity index (χ1v) is 8.24. The first-order chi connectivity index (χ1) is 11.4. The van der Waals surface area contributed by atoms with Crippen LogP contribution < -0.4 is 5.32 Å². The summed E-state index contributed by atoms with van der Waals surface area (Å²) in [6.45, 7) is 9.44. The Morgan fingerprint density at radius 2 is 1.92 bits per heavy atom. The number of H-pyrrole nitrogens is 1. The number of anilines is 1. The van der Waals surface area contributed by atoms with Crippen LogP contribution in [0.5, 0.6) is 0 Å². The molecule has 2 N–H and O–H groups in total.